The van der Waals surface area contributed by atoms with Gasteiger partial charge in [0.2, 0.25) is 0 Å². The average molecular weight is 184 g/mol. The number of ether oxygens (including phenoxy) is 1. The van der Waals surface area contributed by atoms with Crippen molar-refractivity contribution in [3.63, 3.8) is 0 Å². The fourth-order valence-corrected chi connectivity index (χ4v) is 1.47. The van der Waals surface area contributed by atoms with Gasteiger partial charge < -0.3 is 10.1 Å². The van der Waals surface area contributed by atoms with E-state index in [1.165, 1.54) is 25.1 Å². The van der Waals surface area contributed by atoms with Gasteiger partial charge >= 0.3 is 0 Å². The van der Waals surface area contributed by atoms with Gasteiger partial charge in [0, 0.05) is 33.2 Å². The molecule has 3 nitrogen and oxygen atoms in total. The number of nitrogens with one attached hydrogen (secondary N) is 1. The summed E-state index contributed by atoms with van der Waals surface area (Å²) in [5, 5.41) is 3.37. The molecule has 0 aromatic carbocycles. The van der Waals surface area contributed by atoms with E-state index in [0.717, 1.165) is 32.5 Å². The molecular formula is C10H20N2O. The zero-order chi connectivity index (χ0) is 9.36. The van der Waals surface area contributed by atoms with Gasteiger partial charge in [-0.05, 0) is 19.3 Å². The molecule has 1 aliphatic rings. The number of hydrogen-bond donors (Lipinski definition) is 1. The molecule has 0 atom stereocenters. The molecule has 1 N–H and O–H groups in total. The Hall–Kier alpha value is -0.570. The Bertz CT molecular complexity index is 157. The molecule has 1 heterocycles. The van der Waals surface area contributed by atoms with Gasteiger partial charge in [0.25, 0.3) is 0 Å². The molecule has 76 valence electrons. The van der Waals surface area contributed by atoms with E-state index in [9.17, 15) is 0 Å². The molecule has 0 fully saturated rings. The second-order valence-corrected chi connectivity index (χ2v) is 3.41. The summed E-state index contributed by atoms with van der Waals surface area (Å²) in [6.07, 6.45) is 6.06. The van der Waals surface area contributed by atoms with Crippen molar-refractivity contribution in [2.45, 2.75) is 32.1 Å². The Kier molecular flexibility index (Phi) is 5.57. The monoisotopic (exact) mass is 184 g/mol. The molecule has 3 heteroatoms. The van der Waals surface area contributed by atoms with Crippen molar-refractivity contribution in [2.75, 3.05) is 26.8 Å². The lowest BCUT2D eigenvalue weighted by atomic mass is 10.2. The topological polar surface area (TPSA) is 33.6 Å². The molecule has 0 aliphatic carbocycles. The minimum absolute atomic E-state index is 0.834. The summed E-state index contributed by atoms with van der Waals surface area (Å²) in [4.78, 5) is 4.49. The highest BCUT2D eigenvalue weighted by molar-refractivity contribution is 5.82. The standard InChI is InChI=1S/C10H20N2O/c1-13-9-5-8-12-10-6-3-2-4-7-11-10/h2-9H2,1H3,(H,11,12). The van der Waals surface area contributed by atoms with Crippen LogP contribution in [0.5, 0.6) is 0 Å². The van der Waals surface area contributed by atoms with Crippen LogP contribution in [0.25, 0.3) is 0 Å². The average Bonchev–Trinajstić information content (AvgIpc) is 2.41. The number of methoxy groups -OCH3 is 1. The Labute approximate surface area is 80.6 Å². The minimum Gasteiger partial charge on any atom is -0.385 e. The van der Waals surface area contributed by atoms with Crippen LogP contribution in [0.3, 0.4) is 0 Å². The molecule has 0 bridgehead atoms. The van der Waals surface area contributed by atoms with Crippen molar-refractivity contribution in [3.8, 4) is 0 Å². The first kappa shape index (κ1) is 10.5. The fourth-order valence-electron chi connectivity index (χ4n) is 1.47. The summed E-state index contributed by atoms with van der Waals surface area (Å²) in [5.41, 5.74) is 0. The maximum absolute atomic E-state index is 4.98. The molecule has 0 saturated carbocycles. The van der Waals surface area contributed by atoms with Crippen LogP contribution < -0.4 is 5.32 Å². The normalized spacial score (nSPS) is 17.8. The summed E-state index contributed by atoms with van der Waals surface area (Å²) >= 11 is 0. The highest BCUT2D eigenvalue weighted by atomic mass is 16.5. The zero-order valence-electron chi connectivity index (χ0n) is 8.51. The molecule has 0 saturated heterocycles. The molecule has 0 spiro atoms. The predicted octanol–water partition coefficient (Wildman–Crippen LogP) is 1.58. The predicted molar refractivity (Wildman–Crippen MR) is 55.3 cm³/mol. The van der Waals surface area contributed by atoms with E-state index in [1.807, 2.05) is 0 Å². The summed E-state index contributed by atoms with van der Waals surface area (Å²) in [6, 6.07) is 0. The van der Waals surface area contributed by atoms with Crippen molar-refractivity contribution < 1.29 is 4.74 Å². The van der Waals surface area contributed by atoms with Gasteiger partial charge in [-0.1, -0.05) is 6.42 Å². The molecule has 0 amide bonds. The molecular weight excluding hydrogens is 164 g/mol. The molecule has 0 radical (unpaired) electrons. The van der Waals surface area contributed by atoms with Crippen LogP contribution in [0.2, 0.25) is 0 Å². The SMILES string of the molecule is COCCCNC1=NCCCCC1. The van der Waals surface area contributed by atoms with Gasteiger partial charge in [-0.25, -0.2) is 0 Å². The first-order valence-corrected chi connectivity index (χ1v) is 5.19. The van der Waals surface area contributed by atoms with Crippen molar-refractivity contribution >= 4 is 5.84 Å². The third-order valence-electron chi connectivity index (χ3n) is 2.23. The van der Waals surface area contributed by atoms with Gasteiger partial charge in [-0.2, -0.15) is 0 Å². The molecule has 0 unspecified atom stereocenters. The minimum atomic E-state index is 0.834. The number of rotatable bonds is 4. The first-order chi connectivity index (χ1) is 6.43. The molecule has 13 heavy (non-hydrogen) atoms. The van der Waals surface area contributed by atoms with E-state index >= 15 is 0 Å². The summed E-state index contributed by atoms with van der Waals surface area (Å²) < 4.78 is 4.98. The Morgan fingerprint density at radius 1 is 1.38 bits per heavy atom. The smallest absolute Gasteiger partial charge is 0.0963 e. The number of nitrogens with zero attached hydrogens (tertiary/aromatic N) is 1. The molecule has 0 aromatic rings. The Morgan fingerprint density at radius 2 is 2.31 bits per heavy atom. The van der Waals surface area contributed by atoms with E-state index in [-0.39, 0.29) is 0 Å². The number of aliphatic imine (C=N–C) groups is 1. The fraction of sp³-hybridized carbons (Fsp3) is 0.900. The van der Waals surface area contributed by atoms with Gasteiger partial charge in [-0.15, -0.1) is 0 Å². The quantitative estimate of drug-likeness (QED) is 0.673. The second kappa shape index (κ2) is 6.89. The van der Waals surface area contributed by atoms with Gasteiger partial charge in [0.15, 0.2) is 0 Å². The van der Waals surface area contributed by atoms with Gasteiger partial charge in [-0.3, -0.25) is 4.99 Å². The summed E-state index contributed by atoms with van der Waals surface area (Å²) in [5.74, 6) is 1.20. The van der Waals surface area contributed by atoms with Crippen molar-refractivity contribution in [1.29, 1.82) is 0 Å². The lowest BCUT2D eigenvalue weighted by Gasteiger charge is -2.07. The van der Waals surface area contributed by atoms with Gasteiger partial charge in [0.05, 0.1) is 5.84 Å². The van der Waals surface area contributed by atoms with Crippen molar-refractivity contribution in [3.05, 3.63) is 0 Å². The first-order valence-electron chi connectivity index (χ1n) is 5.19. The van der Waals surface area contributed by atoms with E-state index in [4.69, 9.17) is 4.74 Å². The highest BCUT2D eigenvalue weighted by Gasteiger charge is 2.02. The van der Waals surface area contributed by atoms with Crippen LogP contribution in [0, 0.1) is 0 Å². The van der Waals surface area contributed by atoms with Crippen LogP contribution in [0.15, 0.2) is 4.99 Å². The highest BCUT2D eigenvalue weighted by Crippen LogP contribution is 2.05. The summed E-state index contributed by atoms with van der Waals surface area (Å²) in [7, 11) is 1.74. The summed E-state index contributed by atoms with van der Waals surface area (Å²) in [6.45, 7) is 2.83. The van der Waals surface area contributed by atoms with Gasteiger partial charge in [0.1, 0.15) is 0 Å². The van der Waals surface area contributed by atoms with E-state index in [1.54, 1.807) is 7.11 Å². The third kappa shape index (κ3) is 4.88. The number of amidine groups is 1. The molecule has 0 aromatic heterocycles. The second-order valence-electron chi connectivity index (χ2n) is 3.41. The van der Waals surface area contributed by atoms with Crippen LogP contribution >= 0.6 is 0 Å². The van der Waals surface area contributed by atoms with Crippen LogP contribution in [0.4, 0.5) is 0 Å². The van der Waals surface area contributed by atoms with E-state index in [2.05, 4.69) is 10.3 Å². The maximum Gasteiger partial charge on any atom is 0.0963 e. The molecule has 1 aliphatic heterocycles. The maximum atomic E-state index is 4.98. The zero-order valence-corrected chi connectivity index (χ0v) is 8.51. The van der Waals surface area contributed by atoms with Crippen molar-refractivity contribution in [1.82, 2.24) is 5.32 Å². The third-order valence-corrected chi connectivity index (χ3v) is 2.23. The van der Waals surface area contributed by atoms with E-state index in [0.29, 0.717) is 0 Å². The molecule has 1 rings (SSSR count). The van der Waals surface area contributed by atoms with Crippen LogP contribution in [-0.2, 0) is 4.74 Å². The van der Waals surface area contributed by atoms with Crippen LogP contribution in [0.1, 0.15) is 32.1 Å². The Balaban J connectivity index is 2.08. The number of hydrogen-bond acceptors (Lipinski definition) is 3. The largest absolute Gasteiger partial charge is 0.385 e. The lowest BCUT2D eigenvalue weighted by Crippen LogP contribution is -2.25. The van der Waals surface area contributed by atoms with Crippen molar-refractivity contribution in [2.24, 2.45) is 4.99 Å². The van der Waals surface area contributed by atoms with Crippen LogP contribution in [-0.4, -0.2) is 32.6 Å². The van der Waals surface area contributed by atoms with E-state index < -0.39 is 0 Å². The lowest BCUT2D eigenvalue weighted by molar-refractivity contribution is 0.195. The Morgan fingerprint density at radius 3 is 3.15 bits per heavy atom.